The van der Waals surface area contributed by atoms with Gasteiger partial charge in [0.2, 0.25) is 0 Å². The second kappa shape index (κ2) is 9.82. The summed E-state index contributed by atoms with van der Waals surface area (Å²) in [4.78, 5) is 17.2. The predicted molar refractivity (Wildman–Crippen MR) is 139 cm³/mol. The summed E-state index contributed by atoms with van der Waals surface area (Å²) in [5.74, 6) is 0.287. The van der Waals surface area contributed by atoms with E-state index in [0.29, 0.717) is 17.0 Å². The van der Waals surface area contributed by atoms with E-state index in [1.807, 2.05) is 32.3 Å². The van der Waals surface area contributed by atoms with Crippen molar-refractivity contribution in [2.45, 2.75) is 24.8 Å². The number of ether oxygens (including phenoxy) is 1. The molecule has 0 aliphatic heterocycles. The second-order valence-electron chi connectivity index (χ2n) is 8.60. The fraction of sp³-hybridized carbons (Fsp3) is 0.192. The number of benzene rings is 2. The fourth-order valence-electron chi connectivity index (χ4n) is 3.75. The normalized spacial score (nSPS) is 12.2. The summed E-state index contributed by atoms with van der Waals surface area (Å²) in [6.07, 6.45) is 6.00. The second-order valence-corrected chi connectivity index (χ2v) is 10.6. The molecule has 9 nitrogen and oxygen atoms in total. The van der Waals surface area contributed by atoms with E-state index >= 15 is 0 Å². The fourth-order valence-corrected chi connectivity index (χ4v) is 4.74. The van der Waals surface area contributed by atoms with Crippen LogP contribution in [0.3, 0.4) is 0 Å². The number of hydrogen-bond donors (Lipinski definition) is 2. The number of pyridine rings is 1. The maximum atomic E-state index is 12.8. The van der Waals surface area contributed by atoms with Crippen molar-refractivity contribution in [1.82, 2.24) is 14.8 Å². The average Bonchev–Trinajstić information content (AvgIpc) is 3.26. The van der Waals surface area contributed by atoms with Crippen molar-refractivity contribution >= 4 is 27.2 Å². The van der Waals surface area contributed by atoms with Gasteiger partial charge in [-0.15, -0.1) is 0 Å². The summed E-state index contributed by atoms with van der Waals surface area (Å²) >= 11 is 0. The first-order valence-corrected chi connectivity index (χ1v) is 13.0. The third kappa shape index (κ3) is 5.55. The molecule has 186 valence electrons. The van der Waals surface area contributed by atoms with Crippen LogP contribution >= 0.6 is 0 Å². The topological polar surface area (TPSA) is 129 Å². The van der Waals surface area contributed by atoms with Crippen molar-refractivity contribution in [2.24, 2.45) is 7.05 Å². The van der Waals surface area contributed by atoms with Gasteiger partial charge < -0.3 is 15.8 Å². The number of nitrogen functional groups attached to an aromatic ring is 1. The molecule has 1 amide bonds. The van der Waals surface area contributed by atoms with Gasteiger partial charge in [-0.05, 0) is 55.3 Å². The number of nitrogens with one attached hydrogen (secondary N) is 1. The lowest BCUT2D eigenvalue weighted by Gasteiger charge is -2.18. The zero-order chi connectivity index (χ0) is 26.0. The molecular formula is C26H27N5O4S. The molecule has 3 N–H and O–H groups in total. The molecule has 2 aromatic carbocycles. The number of amides is 1. The number of anilines is 2. The molecule has 0 fully saturated rings. The van der Waals surface area contributed by atoms with Crippen molar-refractivity contribution in [3.63, 3.8) is 0 Å². The Hall–Kier alpha value is -4.18. The Kier molecular flexibility index (Phi) is 6.80. The smallest absolute Gasteiger partial charge is 0.255 e. The number of rotatable bonds is 7. The summed E-state index contributed by atoms with van der Waals surface area (Å²) in [5, 5.41) is 7.01. The van der Waals surface area contributed by atoms with Crippen molar-refractivity contribution in [2.75, 3.05) is 17.3 Å². The summed E-state index contributed by atoms with van der Waals surface area (Å²) in [5.41, 5.74) is 9.96. The molecule has 4 aromatic rings. The zero-order valence-electron chi connectivity index (χ0n) is 20.4. The van der Waals surface area contributed by atoms with Gasteiger partial charge >= 0.3 is 0 Å². The molecule has 2 heterocycles. The minimum absolute atomic E-state index is 0.130. The number of aryl methyl sites for hydroxylation is 2. The maximum Gasteiger partial charge on any atom is 0.255 e. The average molecular weight is 506 g/mol. The van der Waals surface area contributed by atoms with Gasteiger partial charge in [-0.1, -0.05) is 18.2 Å². The molecule has 1 atom stereocenters. The van der Waals surface area contributed by atoms with Gasteiger partial charge in [0.05, 0.1) is 11.1 Å². The van der Waals surface area contributed by atoms with Gasteiger partial charge in [0, 0.05) is 48.1 Å². The molecule has 0 spiro atoms. The maximum absolute atomic E-state index is 12.8. The van der Waals surface area contributed by atoms with Gasteiger partial charge in [0.1, 0.15) is 6.10 Å². The number of nitrogens with two attached hydrogens (primary N) is 1. The lowest BCUT2D eigenvalue weighted by Crippen LogP contribution is -2.14. The minimum atomic E-state index is -3.45. The first kappa shape index (κ1) is 24.9. The summed E-state index contributed by atoms with van der Waals surface area (Å²) in [6, 6.07) is 13.6. The van der Waals surface area contributed by atoms with Gasteiger partial charge in [0.15, 0.2) is 21.4 Å². The highest BCUT2D eigenvalue weighted by atomic mass is 32.2. The van der Waals surface area contributed by atoms with Crippen LogP contribution in [0.25, 0.3) is 11.1 Å². The largest absolute Gasteiger partial charge is 0.482 e. The highest BCUT2D eigenvalue weighted by Gasteiger charge is 2.16. The van der Waals surface area contributed by atoms with Crippen LogP contribution in [0, 0.1) is 6.92 Å². The molecule has 10 heteroatoms. The predicted octanol–water partition coefficient (Wildman–Crippen LogP) is 4.17. The monoisotopic (exact) mass is 505 g/mol. The molecule has 36 heavy (non-hydrogen) atoms. The van der Waals surface area contributed by atoms with Gasteiger partial charge in [0.25, 0.3) is 5.91 Å². The molecule has 2 aromatic heterocycles. The Morgan fingerprint density at radius 2 is 1.89 bits per heavy atom. The minimum Gasteiger partial charge on any atom is -0.482 e. The number of nitrogens with zero attached hydrogens (tertiary/aromatic N) is 3. The molecule has 0 unspecified atom stereocenters. The number of aromatic nitrogens is 3. The molecule has 0 radical (unpaired) electrons. The lowest BCUT2D eigenvalue weighted by atomic mass is 10.1. The number of carbonyl (C=O) groups excluding carboxylic acids is 1. The summed E-state index contributed by atoms with van der Waals surface area (Å²) < 4.78 is 31.9. The van der Waals surface area contributed by atoms with Crippen LogP contribution in [0.1, 0.15) is 34.5 Å². The van der Waals surface area contributed by atoms with Crippen LogP contribution in [0.4, 0.5) is 11.5 Å². The van der Waals surface area contributed by atoms with Crippen LogP contribution in [0.2, 0.25) is 0 Å². The van der Waals surface area contributed by atoms with Crippen LogP contribution in [-0.2, 0) is 16.9 Å². The third-order valence-electron chi connectivity index (χ3n) is 5.69. The van der Waals surface area contributed by atoms with E-state index in [2.05, 4.69) is 15.4 Å². The zero-order valence-corrected chi connectivity index (χ0v) is 21.2. The Balaban J connectivity index is 1.52. The SMILES string of the molecule is Cc1ccc(C(=O)Nc2cccc([C@H](C)Oc3cc(-c4cnn(C)c4)cnc3N)c2)cc1S(C)(=O)=O. The lowest BCUT2D eigenvalue weighted by molar-refractivity contribution is 0.102. The first-order valence-electron chi connectivity index (χ1n) is 11.1. The molecule has 0 saturated heterocycles. The number of carbonyl (C=O) groups is 1. The summed E-state index contributed by atoms with van der Waals surface area (Å²) in [7, 11) is -1.61. The van der Waals surface area contributed by atoms with Crippen molar-refractivity contribution in [3.8, 4) is 16.9 Å². The highest BCUT2D eigenvalue weighted by molar-refractivity contribution is 7.90. The summed E-state index contributed by atoms with van der Waals surface area (Å²) in [6.45, 7) is 3.56. The van der Waals surface area contributed by atoms with Crippen molar-refractivity contribution < 1.29 is 17.9 Å². The molecule has 0 aliphatic carbocycles. The highest BCUT2D eigenvalue weighted by Crippen LogP contribution is 2.31. The molecule has 4 rings (SSSR count). The van der Waals surface area contributed by atoms with Gasteiger partial charge in [-0.3, -0.25) is 9.48 Å². The van der Waals surface area contributed by atoms with Crippen LogP contribution < -0.4 is 15.8 Å². The first-order chi connectivity index (χ1) is 17.0. The molecular weight excluding hydrogens is 478 g/mol. The van der Waals surface area contributed by atoms with Gasteiger partial charge in [-0.25, -0.2) is 13.4 Å². The Bertz CT molecular complexity index is 1550. The van der Waals surface area contributed by atoms with E-state index < -0.39 is 21.8 Å². The van der Waals surface area contributed by atoms with E-state index in [0.717, 1.165) is 22.9 Å². The Morgan fingerprint density at radius 3 is 2.58 bits per heavy atom. The van der Waals surface area contributed by atoms with E-state index in [4.69, 9.17) is 10.5 Å². The molecule has 0 bridgehead atoms. The van der Waals surface area contributed by atoms with Crippen LogP contribution in [-0.4, -0.2) is 35.3 Å². The van der Waals surface area contributed by atoms with E-state index in [9.17, 15) is 13.2 Å². The Labute approximate surface area is 209 Å². The van der Waals surface area contributed by atoms with E-state index in [1.54, 1.807) is 54.3 Å². The third-order valence-corrected chi connectivity index (χ3v) is 6.93. The van der Waals surface area contributed by atoms with Gasteiger partial charge in [-0.2, -0.15) is 5.10 Å². The molecule has 0 aliphatic rings. The standard InChI is InChI=1S/C26H27N5O4S/c1-16-8-9-19(12-24(16)36(4,33)34)26(32)30-22-7-5-6-18(10-22)17(2)35-23-11-20(13-28-25(23)27)21-14-29-31(3)15-21/h5-15,17H,1-4H3,(H2,27,28)(H,30,32)/t17-/m0/s1. The Morgan fingerprint density at radius 1 is 1.11 bits per heavy atom. The number of sulfone groups is 1. The van der Waals surface area contributed by atoms with Crippen LogP contribution in [0.5, 0.6) is 5.75 Å². The van der Waals surface area contributed by atoms with E-state index in [-0.39, 0.29) is 16.3 Å². The van der Waals surface area contributed by atoms with Crippen molar-refractivity contribution in [3.05, 3.63) is 83.8 Å². The van der Waals surface area contributed by atoms with E-state index in [1.165, 1.54) is 6.07 Å². The van der Waals surface area contributed by atoms with Crippen molar-refractivity contribution in [1.29, 1.82) is 0 Å². The number of hydrogen-bond acceptors (Lipinski definition) is 7. The molecule has 0 saturated carbocycles. The quantitative estimate of drug-likeness (QED) is 0.386. The van der Waals surface area contributed by atoms with Crippen LogP contribution in [0.15, 0.2) is 72.0 Å².